The molecule has 2 N–H and O–H groups in total. The number of halogens is 2. The minimum absolute atomic E-state index is 0.303. The van der Waals surface area contributed by atoms with E-state index < -0.39 is 23.4 Å². The van der Waals surface area contributed by atoms with Gasteiger partial charge in [-0.05, 0) is 48.7 Å². The van der Waals surface area contributed by atoms with Gasteiger partial charge in [0.1, 0.15) is 17.8 Å². The van der Waals surface area contributed by atoms with Crippen LogP contribution in [-0.4, -0.2) is 42.9 Å². The number of carbonyl (C=O) groups is 3. The van der Waals surface area contributed by atoms with E-state index in [1.54, 1.807) is 49.4 Å². The van der Waals surface area contributed by atoms with Gasteiger partial charge in [-0.25, -0.2) is 4.79 Å². The molecule has 1 atom stereocenters. The highest BCUT2D eigenvalue weighted by Gasteiger charge is 2.49. The Kier molecular flexibility index (Phi) is 6.53. The average molecular weight is 450 g/mol. The Bertz CT molecular complexity index is 998. The molecule has 4 amide bonds. The molecule has 1 unspecified atom stereocenters. The van der Waals surface area contributed by atoms with E-state index in [0.29, 0.717) is 34.3 Å². The van der Waals surface area contributed by atoms with Crippen molar-refractivity contribution < 1.29 is 19.1 Å². The van der Waals surface area contributed by atoms with Crippen molar-refractivity contribution in [2.75, 3.05) is 20.2 Å². The van der Waals surface area contributed by atoms with Crippen LogP contribution in [-0.2, 0) is 21.5 Å². The van der Waals surface area contributed by atoms with Crippen LogP contribution in [0.1, 0.15) is 18.1 Å². The van der Waals surface area contributed by atoms with Crippen molar-refractivity contribution in [2.24, 2.45) is 0 Å². The fourth-order valence-corrected chi connectivity index (χ4v) is 3.73. The second-order valence-electron chi connectivity index (χ2n) is 7.01. The van der Waals surface area contributed by atoms with Crippen LogP contribution in [0.15, 0.2) is 42.5 Å². The lowest BCUT2D eigenvalue weighted by Crippen LogP contribution is -2.43. The van der Waals surface area contributed by atoms with E-state index in [4.69, 9.17) is 27.9 Å². The Labute approximate surface area is 184 Å². The molecule has 0 spiro atoms. The van der Waals surface area contributed by atoms with Crippen LogP contribution in [0.3, 0.4) is 0 Å². The molecule has 2 aromatic rings. The van der Waals surface area contributed by atoms with Crippen molar-refractivity contribution in [2.45, 2.75) is 18.9 Å². The molecule has 0 bridgehead atoms. The fraction of sp³-hybridized carbons (Fsp3) is 0.286. The molecule has 7 nitrogen and oxygen atoms in total. The molecule has 0 saturated carbocycles. The molecule has 30 heavy (non-hydrogen) atoms. The van der Waals surface area contributed by atoms with Crippen LogP contribution in [0.25, 0.3) is 0 Å². The van der Waals surface area contributed by atoms with E-state index in [1.807, 2.05) is 0 Å². The maximum absolute atomic E-state index is 12.9. The van der Waals surface area contributed by atoms with Gasteiger partial charge < -0.3 is 15.4 Å². The summed E-state index contributed by atoms with van der Waals surface area (Å²) < 4.78 is 5.19. The number of nitrogens with one attached hydrogen (secondary N) is 2. The minimum Gasteiger partial charge on any atom is -0.497 e. The first kappa shape index (κ1) is 21.9. The van der Waals surface area contributed by atoms with E-state index in [9.17, 15) is 14.4 Å². The van der Waals surface area contributed by atoms with Crippen molar-refractivity contribution in [3.63, 3.8) is 0 Å². The summed E-state index contributed by atoms with van der Waals surface area (Å²) in [6.07, 6.45) is 0.489. The summed E-state index contributed by atoms with van der Waals surface area (Å²) in [7, 11) is 1.52. The standard InChI is InChI=1S/C21H21Cl2N3O4/c1-21(14-4-3-5-16(10-14)30-2)19(28)26(20(29)25-21)12-18(27)24-9-8-13-6-7-15(22)11-17(13)23/h3-7,10-11H,8-9,12H2,1-2H3,(H,24,27)(H,25,29). The third-order valence-electron chi connectivity index (χ3n) is 4.96. The zero-order valence-electron chi connectivity index (χ0n) is 16.5. The quantitative estimate of drug-likeness (QED) is 0.635. The summed E-state index contributed by atoms with van der Waals surface area (Å²) in [5.41, 5.74) is 0.130. The van der Waals surface area contributed by atoms with Crippen LogP contribution in [0.4, 0.5) is 4.79 Å². The summed E-state index contributed by atoms with van der Waals surface area (Å²) in [6, 6.07) is 11.4. The summed E-state index contributed by atoms with van der Waals surface area (Å²) >= 11 is 12.0. The lowest BCUT2D eigenvalue weighted by molar-refractivity contribution is -0.134. The van der Waals surface area contributed by atoms with Crippen molar-refractivity contribution in [1.82, 2.24) is 15.5 Å². The number of hydrogen-bond donors (Lipinski definition) is 2. The fourth-order valence-electron chi connectivity index (χ4n) is 3.23. The minimum atomic E-state index is -1.28. The summed E-state index contributed by atoms with van der Waals surface area (Å²) in [5.74, 6) is -0.386. The second kappa shape index (κ2) is 8.93. The molecule has 1 aliphatic heterocycles. The Balaban J connectivity index is 1.61. The molecule has 0 aromatic heterocycles. The Morgan fingerprint density at radius 1 is 1.20 bits per heavy atom. The third kappa shape index (κ3) is 4.52. The molecular formula is C21H21Cl2N3O4. The highest BCUT2D eigenvalue weighted by molar-refractivity contribution is 6.35. The molecule has 1 heterocycles. The number of carbonyl (C=O) groups excluding carboxylic acids is 3. The van der Waals surface area contributed by atoms with E-state index in [1.165, 1.54) is 7.11 Å². The largest absolute Gasteiger partial charge is 0.497 e. The Morgan fingerprint density at radius 3 is 2.67 bits per heavy atom. The normalized spacial score (nSPS) is 18.3. The molecule has 158 valence electrons. The van der Waals surface area contributed by atoms with Gasteiger partial charge in [0.05, 0.1) is 7.11 Å². The van der Waals surface area contributed by atoms with Gasteiger partial charge in [-0.2, -0.15) is 0 Å². The summed E-state index contributed by atoms with van der Waals surface area (Å²) in [6.45, 7) is 1.53. The number of nitrogens with zero attached hydrogens (tertiary/aromatic N) is 1. The molecule has 1 saturated heterocycles. The third-order valence-corrected chi connectivity index (χ3v) is 5.54. The van der Waals surface area contributed by atoms with Crippen molar-refractivity contribution in [3.8, 4) is 5.75 Å². The van der Waals surface area contributed by atoms with E-state index >= 15 is 0 Å². The molecule has 1 aliphatic rings. The molecule has 1 fully saturated rings. The molecule has 9 heteroatoms. The zero-order valence-corrected chi connectivity index (χ0v) is 18.0. The predicted molar refractivity (Wildman–Crippen MR) is 114 cm³/mol. The number of methoxy groups -OCH3 is 1. The van der Waals surface area contributed by atoms with Gasteiger partial charge in [0.25, 0.3) is 5.91 Å². The predicted octanol–water partition coefficient (Wildman–Crippen LogP) is 3.13. The van der Waals surface area contributed by atoms with Gasteiger partial charge in [-0.15, -0.1) is 0 Å². The highest BCUT2D eigenvalue weighted by Crippen LogP contribution is 2.30. The first-order valence-corrected chi connectivity index (χ1v) is 9.99. The van der Waals surface area contributed by atoms with Crippen LogP contribution < -0.4 is 15.4 Å². The van der Waals surface area contributed by atoms with Gasteiger partial charge in [0.15, 0.2) is 0 Å². The zero-order chi connectivity index (χ0) is 21.9. The monoisotopic (exact) mass is 449 g/mol. The van der Waals surface area contributed by atoms with Gasteiger partial charge in [0.2, 0.25) is 5.91 Å². The van der Waals surface area contributed by atoms with Crippen molar-refractivity contribution in [1.29, 1.82) is 0 Å². The van der Waals surface area contributed by atoms with Crippen molar-refractivity contribution in [3.05, 3.63) is 63.6 Å². The van der Waals surface area contributed by atoms with E-state index in [2.05, 4.69) is 10.6 Å². The topological polar surface area (TPSA) is 87.7 Å². The van der Waals surface area contributed by atoms with Gasteiger partial charge in [-0.3, -0.25) is 14.5 Å². The average Bonchev–Trinajstić information content (AvgIpc) is 2.93. The lowest BCUT2D eigenvalue weighted by Gasteiger charge is -2.22. The van der Waals surface area contributed by atoms with Gasteiger partial charge in [-0.1, -0.05) is 41.4 Å². The van der Waals surface area contributed by atoms with Gasteiger partial charge in [0, 0.05) is 16.6 Å². The second-order valence-corrected chi connectivity index (χ2v) is 7.86. The molecule has 0 aliphatic carbocycles. The van der Waals surface area contributed by atoms with Crippen LogP contribution >= 0.6 is 23.2 Å². The van der Waals surface area contributed by atoms with Crippen molar-refractivity contribution >= 4 is 41.0 Å². The van der Waals surface area contributed by atoms with E-state index in [0.717, 1.165) is 10.5 Å². The summed E-state index contributed by atoms with van der Waals surface area (Å²) in [5, 5.41) is 6.42. The number of imide groups is 1. The van der Waals surface area contributed by atoms with E-state index in [-0.39, 0.29) is 6.54 Å². The summed E-state index contributed by atoms with van der Waals surface area (Å²) in [4.78, 5) is 38.5. The smallest absolute Gasteiger partial charge is 0.325 e. The first-order chi connectivity index (χ1) is 14.2. The maximum atomic E-state index is 12.9. The number of urea groups is 1. The van der Waals surface area contributed by atoms with Crippen LogP contribution in [0.2, 0.25) is 10.0 Å². The lowest BCUT2D eigenvalue weighted by atomic mass is 9.92. The Hall–Kier alpha value is -2.77. The van der Waals surface area contributed by atoms with Gasteiger partial charge >= 0.3 is 6.03 Å². The first-order valence-electron chi connectivity index (χ1n) is 9.24. The number of benzene rings is 2. The number of amides is 4. The molecular weight excluding hydrogens is 429 g/mol. The van der Waals surface area contributed by atoms with Crippen LogP contribution in [0.5, 0.6) is 5.75 Å². The number of rotatable bonds is 7. The molecule has 2 aromatic carbocycles. The number of hydrogen-bond acceptors (Lipinski definition) is 4. The highest BCUT2D eigenvalue weighted by atomic mass is 35.5. The maximum Gasteiger partial charge on any atom is 0.325 e. The SMILES string of the molecule is COc1cccc(C2(C)NC(=O)N(CC(=O)NCCc3ccc(Cl)cc3Cl)C2=O)c1. The Morgan fingerprint density at radius 2 is 1.97 bits per heavy atom. The van der Waals surface area contributed by atoms with Crippen LogP contribution in [0, 0.1) is 0 Å². The molecule has 3 rings (SSSR count). The molecule has 0 radical (unpaired) electrons. The number of ether oxygens (including phenoxy) is 1.